The SMILES string of the molecule is CN=C(NCCN1CCOCC1C)N(C)CC1CCOC1.I. The van der Waals surface area contributed by atoms with Crippen LogP contribution in [0.25, 0.3) is 0 Å². The number of rotatable bonds is 5. The lowest BCUT2D eigenvalue weighted by atomic mass is 10.1. The van der Waals surface area contributed by atoms with Gasteiger partial charge in [-0.1, -0.05) is 0 Å². The first-order valence-corrected chi connectivity index (χ1v) is 8.02. The quantitative estimate of drug-likeness (QED) is 0.402. The maximum atomic E-state index is 5.47. The average molecular weight is 426 g/mol. The van der Waals surface area contributed by atoms with Gasteiger partial charge in [-0.15, -0.1) is 24.0 Å². The van der Waals surface area contributed by atoms with Crippen LogP contribution < -0.4 is 5.32 Å². The summed E-state index contributed by atoms with van der Waals surface area (Å²) in [6.45, 7) is 9.68. The number of nitrogens with zero attached hydrogens (tertiary/aromatic N) is 3. The minimum absolute atomic E-state index is 0. The van der Waals surface area contributed by atoms with Gasteiger partial charge in [-0.25, -0.2) is 0 Å². The van der Waals surface area contributed by atoms with Gasteiger partial charge in [0.25, 0.3) is 0 Å². The number of hydrogen-bond donors (Lipinski definition) is 1. The molecule has 2 saturated heterocycles. The van der Waals surface area contributed by atoms with Gasteiger partial charge >= 0.3 is 0 Å². The van der Waals surface area contributed by atoms with Crippen LogP contribution in [0.4, 0.5) is 0 Å². The molecule has 0 aromatic carbocycles. The molecular weight excluding hydrogens is 395 g/mol. The van der Waals surface area contributed by atoms with Crippen LogP contribution in [-0.4, -0.2) is 88.5 Å². The summed E-state index contributed by atoms with van der Waals surface area (Å²) in [5.41, 5.74) is 0. The minimum atomic E-state index is 0. The van der Waals surface area contributed by atoms with Gasteiger partial charge in [0.15, 0.2) is 5.96 Å². The zero-order chi connectivity index (χ0) is 15.1. The topological polar surface area (TPSA) is 49.3 Å². The van der Waals surface area contributed by atoms with E-state index in [1.807, 2.05) is 7.05 Å². The molecule has 0 aromatic heterocycles. The second-order valence-corrected chi connectivity index (χ2v) is 6.04. The maximum absolute atomic E-state index is 5.47. The lowest BCUT2D eigenvalue weighted by molar-refractivity contribution is 0.000830. The summed E-state index contributed by atoms with van der Waals surface area (Å²) in [5.74, 6) is 1.61. The van der Waals surface area contributed by atoms with E-state index in [1.165, 1.54) is 0 Å². The lowest BCUT2D eigenvalue weighted by Gasteiger charge is -2.33. The largest absolute Gasteiger partial charge is 0.381 e. The smallest absolute Gasteiger partial charge is 0.193 e. The van der Waals surface area contributed by atoms with Crippen LogP contribution in [0.15, 0.2) is 4.99 Å². The Morgan fingerprint density at radius 3 is 2.73 bits per heavy atom. The van der Waals surface area contributed by atoms with Crippen LogP contribution in [-0.2, 0) is 9.47 Å². The maximum Gasteiger partial charge on any atom is 0.193 e. The van der Waals surface area contributed by atoms with Crippen molar-refractivity contribution in [3.8, 4) is 0 Å². The van der Waals surface area contributed by atoms with Crippen molar-refractivity contribution in [2.24, 2.45) is 10.9 Å². The molecule has 2 aliphatic heterocycles. The summed E-state index contributed by atoms with van der Waals surface area (Å²) in [5, 5.41) is 3.46. The highest BCUT2D eigenvalue weighted by Crippen LogP contribution is 2.13. The minimum Gasteiger partial charge on any atom is -0.381 e. The van der Waals surface area contributed by atoms with Crippen molar-refractivity contribution in [3.05, 3.63) is 0 Å². The summed E-state index contributed by atoms with van der Waals surface area (Å²) in [7, 11) is 3.95. The van der Waals surface area contributed by atoms with Crippen molar-refractivity contribution in [2.45, 2.75) is 19.4 Å². The molecule has 7 heteroatoms. The van der Waals surface area contributed by atoms with Crippen molar-refractivity contribution in [2.75, 3.05) is 66.7 Å². The third-order valence-electron chi connectivity index (χ3n) is 4.32. The van der Waals surface area contributed by atoms with Crippen LogP contribution in [0.5, 0.6) is 0 Å². The first-order valence-electron chi connectivity index (χ1n) is 8.02. The predicted octanol–water partition coefficient (Wildman–Crippen LogP) is 0.869. The van der Waals surface area contributed by atoms with Crippen molar-refractivity contribution < 1.29 is 9.47 Å². The molecule has 2 unspecified atom stereocenters. The van der Waals surface area contributed by atoms with Crippen LogP contribution >= 0.6 is 24.0 Å². The van der Waals surface area contributed by atoms with Gasteiger partial charge in [0, 0.05) is 58.8 Å². The van der Waals surface area contributed by atoms with E-state index < -0.39 is 0 Å². The first kappa shape index (κ1) is 19.9. The van der Waals surface area contributed by atoms with E-state index in [2.05, 4.69) is 34.1 Å². The summed E-state index contributed by atoms with van der Waals surface area (Å²) >= 11 is 0. The third kappa shape index (κ3) is 6.17. The van der Waals surface area contributed by atoms with E-state index >= 15 is 0 Å². The van der Waals surface area contributed by atoms with Crippen LogP contribution in [0.2, 0.25) is 0 Å². The molecule has 6 nitrogen and oxygen atoms in total. The number of guanidine groups is 1. The van der Waals surface area contributed by atoms with Crippen molar-refractivity contribution in [3.63, 3.8) is 0 Å². The molecule has 0 aliphatic carbocycles. The molecule has 0 amide bonds. The molecule has 130 valence electrons. The van der Waals surface area contributed by atoms with E-state index in [0.717, 1.165) is 65.0 Å². The summed E-state index contributed by atoms with van der Waals surface area (Å²) in [6, 6.07) is 0.510. The Morgan fingerprint density at radius 2 is 2.09 bits per heavy atom. The molecule has 1 N–H and O–H groups in total. The second-order valence-electron chi connectivity index (χ2n) is 6.04. The summed E-state index contributed by atoms with van der Waals surface area (Å²) in [6.07, 6.45) is 1.16. The highest BCUT2D eigenvalue weighted by molar-refractivity contribution is 14.0. The van der Waals surface area contributed by atoms with Gasteiger partial charge in [-0.2, -0.15) is 0 Å². The van der Waals surface area contributed by atoms with Gasteiger partial charge in [-0.05, 0) is 13.3 Å². The number of nitrogens with one attached hydrogen (secondary N) is 1. The van der Waals surface area contributed by atoms with Gasteiger partial charge in [0.2, 0.25) is 0 Å². The fourth-order valence-electron chi connectivity index (χ4n) is 2.99. The Balaban J connectivity index is 0.00000242. The van der Waals surface area contributed by atoms with Gasteiger partial charge < -0.3 is 19.7 Å². The Bertz CT molecular complexity index is 338. The van der Waals surface area contributed by atoms with Crippen LogP contribution in [0.1, 0.15) is 13.3 Å². The van der Waals surface area contributed by atoms with Crippen LogP contribution in [0.3, 0.4) is 0 Å². The van der Waals surface area contributed by atoms with E-state index in [1.54, 1.807) is 0 Å². The molecule has 22 heavy (non-hydrogen) atoms. The monoisotopic (exact) mass is 426 g/mol. The number of halogens is 1. The Labute approximate surface area is 151 Å². The van der Waals surface area contributed by atoms with Gasteiger partial charge in [0.05, 0.1) is 19.8 Å². The van der Waals surface area contributed by atoms with Crippen molar-refractivity contribution >= 4 is 29.9 Å². The number of ether oxygens (including phenoxy) is 2. The highest BCUT2D eigenvalue weighted by Gasteiger charge is 2.20. The number of morpholine rings is 1. The molecule has 2 aliphatic rings. The third-order valence-corrected chi connectivity index (χ3v) is 4.32. The number of aliphatic imine (C=N–C) groups is 1. The second kappa shape index (κ2) is 10.6. The standard InChI is InChI=1S/C15H30N4O2.HI/c1-13-11-21-9-7-19(13)6-5-17-15(16-2)18(3)10-14-4-8-20-12-14;/h13-14H,4-12H2,1-3H3,(H,16,17);1H. The first-order chi connectivity index (χ1) is 10.2. The molecular formula is C15H31IN4O2. The fraction of sp³-hybridized carbons (Fsp3) is 0.933. The molecule has 0 aromatic rings. The Morgan fingerprint density at radius 1 is 1.32 bits per heavy atom. The number of hydrogen-bond acceptors (Lipinski definition) is 4. The van der Waals surface area contributed by atoms with Crippen LogP contribution in [0, 0.1) is 5.92 Å². The Kier molecular flexibility index (Phi) is 9.62. The highest BCUT2D eigenvalue weighted by atomic mass is 127. The normalized spacial score (nSPS) is 26.6. The zero-order valence-corrected chi connectivity index (χ0v) is 16.4. The molecule has 2 heterocycles. The predicted molar refractivity (Wildman–Crippen MR) is 100 cm³/mol. The molecule has 2 rings (SSSR count). The van der Waals surface area contributed by atoms with Gasteiger partial charge in [-0.3, -0.25) is 9.89 Å². The van der Waals surface area contributed by atoms with E-state index in [-0.39, 0.29) is 24.0 Å². The zero-order valence-electron chi connectivity index (χ0n) is 14.1. The molecule has 0 spiro atoms. The van der Waals surface area contributed by atoms with E-state index in [4.69, 9.17) is 9.47 Å². The average Bonchev–Trinajstić information content (AvgIpc) is 2.98. The molecule has 0 saturated carbocycles. The fourth-order valence-corrected chi connectivity index (χ4v) is 2.99. The van der Waals surface area contributed by atoms with E-state index in [9.17, 15) is 0 Å². The molecule has 0 bridgehead atoms. The lowest BCUT2D eigenvalue weighted by Crippen LogP contribution is -2.48. The van der Waals surface area contributed by atoms with Crippen molar-refractivity contribution in [1.82, 2.24) is 15.1 Å². The molecule has 0 radical (unpaired) electrons. The summed E-state index contributed by atoms with van der Waals surface area (Å²) in [4.78, 5) is 9.06. The van der Waals surface area contributed by atoms with Gasteiger partial charge in [0.1, 0.15) is 0 Å². The Hall–Kier alpha value is -0.120. The van der Waals surface area contributed by atoms with E-state index in [0.29, 0.717) is 12.0 Å². The molecule has 2 fully saturated rings. The summed E-state index contributed by atoms with van der Waals surface area (Å²) < 4.78 is 10.9. The molecule has 2 atom stereocenters. The van der Waals surface area contributed by atoms with Crippen molar-refractivity contribution in [1.29, 1.82) is 0 Å².